The summed E-state index contributed by atoms with van der Waals surface area (Å²) < 4.78 is 10.7. The summed E-state index contributed by atoms with van der Waals surface area (Å²) in [6.45, 7) is 10.6. The quantitative estimate of drug-likeness (QED) is 0.308. The molecule has 2 aliphatic carbocycles. The maximum Gasteiger partial charge on any atom is 0.312 e. The topological polar surface area (TPSA) is 35.5 Å². The molecule has 0 radical (unpaired) electrons. The Balaban J connectivity index is 1.60. The van der Waals surface area contributed by atoms with Crippen LogP contribution in [0.3, 0.4) is 0 Å². The standard InChI is InChI=1S/C20H22ClO3P/c1-12(7-13(2)16-8-15(21)5-6-17(16)25)14(3)24-11-19-9-20(19,10-19)18(22)23-4/h5-8H,2-3,9-11,25H2,1,4H3/b12-7-. The van der Waals surface area contributed by atoms with Crippen molar-refractivity contribution in [3.05, 3.63) is 59.4 Å². The molecule has 5 heteroatoms. The number of fused-ring (bicyclic) bond motifs is 1. The average Bonchev–Trinajstić information content (AvgIpc) is 3.40. The Kier molecular flexibility index (Phi) is 4.59. The second kappa shape index (κ2) is 6.30. The molecule has 1 unspecified atom stereocenters. The first kappa shape index (κ1) is 18.2. The molecule has 1 atom stereocenters. The van der Waals surface area contributed by atoms with Gasteiger partial charge in [-0.25, -0.2) is 0 Å². The number of ether oxygens (including phenoxy) is 2. The lowest BCUT2D eigenvalue weighted by atomic mass is 10.0. The van der Waals surface area contributed by atoms with E-state index in [1.807, 2.05) is 31.2 Å². The van der Waals surface area contributed by atoms with Gasteiger partial charge in [-0.2, -0.15) is 0 Å². The summed E-state index contributed by atoms with van der Waals surface area (Å²) in [6.07, 6.45) is 3.65. The Morgan fingerprint density at radius 3 is 2.72 bits per heavy atom. The van der Waals surface area contributed by atoms with Crippen molar-refractivity contribution in [3.8, 4) is 0 Å². The Morgan fingerprint density at radius 1 is 1.40 bits per heavy atom. The highest BCUT2D eigenvalue weighted by Gasteiger charge is 2.88. The Bertz CT molecular complexity index is 803. The van der Waals surface area contributed by atoms with E-state index in [1.54, 1.807) is 0 Å². The van der Waals surface area contributed by atoms with E-state index in [1.165, 1.54) is 7.11 Å². The fourth-order valence-corrected chi connectivity index (χ4v) is 3.91. The molecule has 25 heavy (non-hydrogen) atoms. The Hall–Kier alpha value is -1.57. The van der Waals surface area contributed by atoms with Crippen LogP contribution in [0.2, 0.25) is 5.02 Å². The molecule has 2 fully saturated rings. The first-order chi connectivity index (χ1) is 11.7. The van der Waals surface area contributed by atoms with Crippen LogP contribution in [0.15, 0.2) is 48.8 Å². The lowest BCUT2D eigenvalue weighted by Crippen LogP contribution is -2.08. The molecular formula is C20H22ClO3P. The third-order valence-electron chi connectivity index (χ3n) is 5.34. The van der Waals surface area contributed by atoms with Gasteiger partial charge in [-0.1, -0.05) is 30.8 Å². The van der Waals surface area contributed by atoms with Crippen molar-refractivity contribution in [1.82, 2.24) is 0 Å². The van der Waals surface area contributed by atoms with Crippen molar-refractivity contribution in [2.45, 2.75) is 19.8 Å². The van der Waals surface area contributed by atoms with Crippen LogP contribution in [-0.4, -0.2) is 19.7 Å². The summed E-state index contributed by atoms with van der Waals surface area (Å²) in [4.78, 5) is 11.7. The molecule has 0 amide bonds. The van der Waals surface area contributed by atoms with Crippen molar-refractivity contribution in [2.24, 2.45) is 10.8 Å². The third-order valence-corrected chi connectivity index (χ3v) is 6.07. The predicted molar refractivity (Wildman–Crippen MR) is 105 cm³/mol. The molecule has 1 aromatic rings. The molecule has 1 aromatic carbocycles. The van der Waals surface area contributed by atoms with Gasteiger partial charge >= 0.3 is 5.97 Å². The maximum absolute atomic E-state index is 11.7. The number of halogens is 1. The van der Waals surface area contributed by atoms with Gasteiger partial charge in [0.1, 0.15) is 5.76 Å². The zero-order valence-corrected chi connectivity index (χ0v) is 16.4. The number of hydrogen-bond donors (Lipinski definition) is 0. The van der Waals surface area contributed by atoms with Gasteiger partial charge in [-0.05, 0) is 60.0 Å². The van der Waals surface area contributed by atoms with E-state index >= 15 is 0 Å². The van der Waals surface area contributed by atoms with Crippen LogP contribution in [-0.2, 0) is 14.3 Å². The van der Waals surface area contributed by atoms with E-state index in [-0.39, 0.29) is 16.8 Å². The molecule has 132 valence electrons. The summed E-state index contributed by atoms with van der Waals surface area (Å²) >= 11 is 6.07. The second-order valence-corrected chi connectivity index (χ2v) is 8.06. The van der Waals surface area contributed by atoms with Gasteiger partial charge in [0.25, 0.3) is 0 Å². The summed E-state index contributed by atoms with van der Waals surface area (Å²) in [6, 6.07) is 5.67. The van der Waals surface area contributed by atoms with Crippen molar-refractivity contribution < 1.29 is 14.3 Å². The number of benzene rings is 1. The third kappa shape index (κ3) is 3.16. The van der Waals surface area contributed by atoms with Crippen molar-refractivity contribution in [1.29, 1.82) is 0 Å². The molecule has 2 aliphatic rings. The number of methoxy groups -OCH3 is 1. The van der Waals surface area contributed by atoms with Gasteiger partial charge in [0.2, 0.25) is 0 Å². The number of rotatable bonds is 7. The molecule has 3 rings (SSSR count). The zero-order valence-electron chi connectivity index (χ0n) is 14.5. The number of esters is 1. The highest BCUT2D eigenvalue weighted by atomic mass is 35.5. The monoisotopic (exact) mass is 376 g/mol. The smallest absolute Gasteiger partial charge is 0.312 e. The normalized spacial score (nSPS) is 26.5. The molecule has 3 nitrogen and oxygen atoms in total. The lowest BCUT2D eigenvalue weighted by Gasteiger charge is -2.12. The van der Waals surface area contributed by atoms with E-state index in [2.05, 4.69) is 22.4 Å². The van der Waals surface area contributed by atoms with Crippen molar-refractivity contribution in [2.75, 3.05) is 13.7 Å². The minimum absolute atomic E-state index is 0.0273. The summed E-state index contributed by atoms with van der Waals surface area (Å²) in [5.41, 5.74) is 2.40. The first-order valence-corrected chi connectivity index (χ1v) is 9.03. The summed E-state index contributed by atoms with van der Waals surface area (Å²) in [7, 11) is 4.12. The van der Waals surface area contributed by atoms with E-state index in [0.717, 1.165) is 34.9 Å². The second-order valence-electron chi connectivity index (χ2n) is 7.00. The van der Waals surface area contributed by atoms with Crippen molar-refractivity contribution in [3.63, 3.8) is 0 Å². The van der Waals surface area contributed by atoms with Gasteiger partial charge < -0.3 is 9.47 Å². The van der Waals surface area contributed by atoms with Gasteiger partial charge in [-0.15, -0.1) is 9.24 Å². The van der Waals surface area contributed by atoms with Gasteiger partial charge in [0.15, 0.2) is 0 Å². The van der Waals surface area contributed by atoms with Gasteiger partial charge in [0, 0.05) is 10.4 Å². The Labute approximate surface area is 155 Å². The van der Waals surface area contributed by atoms with Crippen LogP contribution in [0.5, 0.6) is 0 Å². The van der Waals surface area contributed by atoms with Gasteiger partial charge in [0.05, 0.1) is 19.1 Å². The predicted octanol–water partition coefficient (Wildman–Crippen LogP) is 4.28. The highest BCUT2D eigenvalue weighted by molar-refractivity contribution is 7.27. The number of carbonyl (C=O) groups is 1. The molecule has 0 saturated heterocycles. The zero-order chi connectivity index (χ0) is 18.4. The maximum atomic E-state index is 11.7. The van der Waals surface area contributed by atoms with Crippen LogP contribution in [0.4, 0.5) is 0 Å². The minimum Gasteiger partial charge on any atom is -0.493 e. The van der Waals surface area contributed by atoms with Crippen LogP contribution in [0, 0.1) is 10.8 Å². The van der Waals surface area contributed by atoms with E-state index < -0.39 is 0 Å². The lowest BCUT2D eigenvalue weighted by molar-refractivity contribution is -0.144. The summed E-state index contributed by atoms with van der Waals surface area (Å²) in [5.74, 6) is 0.483. The fourth-order valence-electron chi connectivity index (χ4n) is 3.38. The van der Waals surface area contributed by atoms with Crippen LogP contribution < -0.4 is 5.30 Å². The van der Waals surface area contributed by atoms with Crippen LogP contribution in [0.1, 0.15) is 25.3 Å². The van der Waals surface area contributed by atoms with E-state index in [0.29, 0.717) is 17.4 Å². The Morgan fingerprint density at radius 2 is 2.08 bits per heavy atom. The number of carbonyl (C=O) groups excluding carboxylic acids is 1. The molecule has 0 spiro atoms. The largest absolute Gasteiger partial charge is 0.493 e. The SMILES string of the molecule is C=C(OCC12CC1(C(=O)OC)C2)/C(C)=C\C(=C)c1cc(Cl)ccc1P. The van der Waals surface area contributed by atoms with E-state index in [9.17, 15) is 4.79 Å². The number of hydrogen-bond acceptors (Lipinski definition) is 3. The van der Waals surface area contributed by atoms with Gasteiger partial charge in [-0.3, -0.25) is 4.79 Å². The van der Waals surface area contributed by atoms with E-state index in [4.69, 9.17) is 21.1 Å². The minimum atomic E-state index is -0.279. The average molecular weight is 377 g/mol. The fraction of sp³-hybridized carbons (Fsp3) is 0.350. The molecule has 0 heterocycles. The number of allylic oxidation sites excluding steroid dienone is 3. The highest BCUT2D eigenvalue weighted by Crippen LogP contribution is 2.86. The molecule has 0 aliphatic heterocycles. The molecular weight excluding hydrogens is 355 g/mol. The van der Waals surface area contributed by atoms with Crippen molar-refractivity contribution >= 4 is 37.7 Å². The van der Waals surface area contributed by atoms with Crippen LogP contribution >= 0.6 is 20.8 Å². The molecule has 0 bridgehead atoms. The molecule has 2 saturated carbocycles. The first-order valence-electron chi connectivity index (χ1n) is 8.08. The molecule has 0 aromatic heterocycles. The van der Waals surface area contributed by atoms with Crippen LogP contribution in [0.25, 0.3) is 5.57 Å². The summed E-state index contributed by atoms with van der Waals surface area (Å²) in [5, 5.41) is 1.70. The molecule has 0 N–H and O–H groups in total.